The van der Waals surface area contributed by atoms with Crippen molar-refractivity contribution in [1.29, 1.82) is 0 Å². The van der Waals surface area contributed by atoms with E-state index in [9.17, 15) is 13.6 Å². The van der Waals surface area contributed by atoms with Crippen LogP contribution >= 0.6 is 11.6 Å². The average Bonchev–Trinajstić information content (AvgIpc) is 3.39. The SMILES string of the molecule is O=C1O[C@@H](Cn2nnc(-c3ccccn3)n2)[C@H](c2cc(F)cc(F)c2)N1c1ccc(Cl)cc1. The van der Waals surface area contributed by atoms with Gasteiger partial charge in [0.05, 0.1) is 0 Å². The predicted octanol–water partition coefficient (Wildman–Crippen LogP) is 4.43. The molecule has 0 spiro atoms. The first-order valence-electron chi connectivity index (χ1n) is 9.88. The molecule has 1 saturated heterocycles. The van der Waals surface area contributed by atoms with Crippen LogP contribution in [0.25, 0.3) is 11.5 Å². The maximum atomic E-state index is 14.1. The highest BCUT2D eigenvalue weighted by atomic mass is 35.5. The lowest BCUT2D eigenvalue weighted by Crippen LogP contribution is -2.31. The largest absolute Gasteiger partial charge is 0.441 e. The van der Waals surface area contributed by atoms with Crippen molar-refractivity contribution in [2.75, 3.05) is 4.90 Å². The van der Waals surface area contributed by atoms with Gasteiger partial charge in [0.15, 0.2) is 0 Å². The average molecular weight is 469 g/mol. The fourth-order valence-electron chi connectivity index (χ4n) is 3.72. The number of cyclic esters (lactones) is 1. The number of rotatable bonds is 5. The number of ether oxygens (including phenoxy) is 1. The summed E-state index contributed by atoms with van der Waals surface area (Å²) in [6.07, 6.45) is 0.0649. The van der Waals surface area contributed by atoms with Crippen molar-refractivity contribution >= 4 is 23.4 Å². The lowest BCUT2D eigenvalue weighted by atomic mass is 9.99. The van der Waals surface area contributed by atoms with E-state index in [4.69, 9.17) is 16.3 Å². The summed E-state index contributed by atoms with van der Waals surface area (Å²) in [4.78, 5) is 19.6. The highest BCUT2D eigenvalue weighted by molar-refractivity contribution is 6.30. The second kappa shape index (κ2) is 8.55. The number of pyridine rings is 1. The minimum atomic E-state index is -0.861. The molecule has 3 heterocycles. The Morgan fingerprint density at radius 1 is 1.03 bits per heavy atom. The van der Waals surface area contributed by atoms with Gasteiger partial charge in [0.1, 0.15) is 36.0 Å². The quantitative estimate of drug-likeness (QED) is 0.430. The van der Waals surface area contributed by atoms with Gasteiger partial charge in [-0.2, -0.15) is 4.80 Å². The van der Waals surface area contributed by atoms with E-state index in [1.165, 1.54) is 21.8 Å². The maximum absolute atomic E-state index is 14.1. The van der Waals surface area contributed by atoms with Crippen molar-refractivity contribution < 1.29 is 18.3 Å². The molecule has 1 aliphatic heterocycles. The molecule has 1 fully saturated rings. The van der Waals surface area contributed by atoms with E-state index in [1.54, 1.807) is 48.7 Å². The lowest BCUT2D eigenvalue weighted by Gasteiger charge is -2.25. The highest BCUT2D eigenvalue weighted by Crippen LogP contribution is 2.39. The molecule has 11 heteroatoms. The minimum Gasteiger partial charge on any atom is -0.441 e. The number of carbonyl (C=O) groups is 1. The van der Waals surface area contributed by atoms with Gasteiger partial charge < -0.3 is 4.74 Å². The van der Waals surface area contributed by atoms with Crippen molar-refractivity contribution in [3.63, 3.8) is 0 Å². The highest BCUT2D eigenvalue weighted by Gasteiger charge is 2.44. The number of carbonyl (C=O) groups excluding carboxylic acids is 1. The number of anilines is 1. The zero-order valence-corrected chi connectivity index (χ0v) is 17.6. The third-order valence-corrected chi connectivity index (χ3v) is 5.35. The number of hydrogen-bond acceptors (Lipinski definition) is 6. The zero-order chi connectivity index (χ0) is 22.9. The van der Waals surface area contributed by atoms with Crippen LogP contribution in [0.2, 0.25) is 5.02 Å². The normalized spacial score (nSPS) is 17.9. The van der Waals surface area contributed by atoms with Crippen molar-refractivity contribution in [1.82, 2.24) is 25.2 Å². The Balaban J connectivity index is 1.51. The topological polar surface area (TPSA) is 86.0 Å². The smallest absolute Gasteiger partial charge is 0.415 e. The molecule has 0 saturated carbocycles. The summed E-state index contributed by atoms with van der Waals surface area (Å²) in [6, 6.07) is 14.0. The van der Waals surface area contributed by atoms with Gasteiger partial charge in [-0.15, -0.1) is 10.2 Å². The van der Waals surface area contributed by atoms with Crippen LogP contribution in [0.1, 0.15) is 11.6 Å². The summed E-state index contributed by atoms with van der Waals surface area (Å²) in [5, 5.41) is 12.8. The Morgan fingerprint density at radius 2 is 1.79 bits per heavy atom. The number of aromatic nitrogens is 5. The molecular weight excluding hydrogens is 454 g/mol. The molecule has 8 nitrogen and oxygen atoms in total. The van der Waals surface area contributed by atoms with Crippen LogP contribution in [0.4, 0.5) is 19.3 Å². The Morgan fingerprint density at radius 3 is 2.48 bits per heavy atom. The molecule has 2 aromatic heterocycles. The molecule has 1 aliphatic rings. The van der Waals surface area contributed by atoms with Crippen LogP contribution in [0.5, 0.6) is 0 Å². The van der Waals surface area contributed by atoms with E-state index in [0.717, 1.165) is 6.07 Å². The van der Waals surface area contributed by atoms with Gasteiger partial charge in [-0.3, -0.25) is 9.88 Å². The predicted molar refractivity (Wildman–Crippen MR) is 114 cm³/mol. The number of nitrogens with zero attached hydrogens (tertiary/aromatic N) is 6. The molecule has 4 aromatic rings. The fraction of sp³-hybridized carbons (Fsp3) is 0.136. The first kappa shape index (κ1) is 21.0. The van der Waals surface area contributed by atoms with Crippen molar-refractivity contribution in [2.45, 2.75) is 18.7 Å². The summed E-state index contributed by atoms with van der Waals surface area (Å²) >= 11 is 5.97. The number of hydrogen-bond donors (Lipinski definition) is 0. The van der Waals surface area contributed by atoms with E-state index in [0.29, 0.717) is 22.2 Å². The lowest BCUT2D eigenvalue weighted by molar-refractivity contribution is 0.114. The van der Waals surface area contributed by atoms with E-state index < -0.39 is 29.9 Å². The maximum Gasteiger partial charge on any atom is 0.415 e. The van der Waals surface area contributed by atoms with Crippen LogP contribution < -0.4 is 4.90 Å². The van der Waals surface area contributed by atoms with Gasteiger partial charge >= 0.3 is 6.09 Å². The van der Waals surface area contributed by atoms with Crippen molar-refractivity contribution in [3.8, 4) is 11.5 Å². The van der Waals surface area contributed by atoms with Gasteiger partial charge in [-0.25, -0.2) is 13.6 Å². The van der Waals surface area contributed by atoms with Crippen LogP contribution in [-0.4, -0.2) is 37.4 Å². The molecule has 0 unspecified atom stereocenters. The van der Waals surface area contributed by atoms with Crippen molar-refractivity contribution in [2.24, 2.45) is 0 Å². The summed E-state index contributed by atoms with van der Waals surface area (Å²) < 4.78 is 33.7. The molecule has 2 aromatic carbocycles. The van der Waals surface area contributed by atoms with Crippen LogP contribution in [0.3, 0.4) is 0 Å². The van der Waals surface area contributed by atoms with Gasteiger partial charge in [0.2, 0.25) is 5.82 Å². The summed E-state index contributed by atoms with van der Waals surface area (Å²) in [7, 11) is 0. The first-order valence-corrected chi connectivity index (χ1v) is 10.3. The molecule has 0 N–H and O–H groups in total. The van der Waals surface area contributed by atoms with Gasteiger partial charge in [0.25, 0.3) is 0 Å². The second-order valence-corrected chi connectivity index (χ2v) is 7.74. The third-order valence-electron chi connectivity index (χ3n) is 5.10. The second-order valence-electron chi connectivity index (χ2n) is 7.30. The number of amides is 1. The molecule has 0 radical (unpaired) electrons. The number of benzene rings is 2. The summed E-state index contributed by atoms with van der Waals surface area (Å²) in [5.74, 6) is -1.24. The molecule has 5 rings (SSSR count). The minimum absolute atomic E-state index is 0.00153. The van der Waals surface area contributed by atoms with Gasteiger partial charge in [-0.1, -0.05) is 17.7 Å². The molecule has 0 aliphatic carbocycles. The van der Waals surface area contributed by atoms with E-state index >= 15 is 0 Å². The van der Waals surface area contributed by atoms with Crippen LogP contribution in [0, 0.1) is 11.6 Å². The molecule has 1 amide bonds. The number of halogens is 3. The summed E-state index contributed by atoms with van der Waals surface area (Å²) in [6.45, 7) is -0.00153. The Bertz CT molecular complexity index is 1280. The van der Waals surface area contributed by atoms with Crippen LogP contribution in [0.15, 0.2) is 66.9 Å². The number of tetrazole rings is 1. The molecule has 2 atom stereocenters. The van der Waals surface area contributed by atoms with E-state index in [1.807, 2.05) is 0 Å². The Labute approximate surface area is 191 Å². The van der Waals surface area contributed by atoms with E-state index in [-0.39, 0.29) is 12.1 Å². The monoisotopic (exact) mass is 468 g/mol. The molecule has 0 bridgehead atoms. The zero-order valence-electron chi connectivity index (χ0n) is 16.8. The summed E-state index contributed by atoms with van der Waals surface area (Å²) in [5.41, 5.74) is 1.21. The fourth-order valence-corrected chi connectivity index (χ4v) is 3.85. The molecule has 33 heavy (non-hydrogen) atoms. The first-order chi connectivity index (χ1) is 16.0. The van der Waals surface area contributed by atoms with Gasteiger partial charge in [0, 0.05) is 23.0 Å². The standard InChI is InChI=1S/C22H15ClF2N6O2/c23-14-4-6-17(7-5-14)31-20(13-9-15(24)11-16(25)10-13)19(33-22(31)32)12-30-28-21(27-29-30)18-3-1-2-8-26-18/h1-11,19-20H,12H2/t19-,20-/m0/s1. The Hall–Kier alpha value is -3.92. The van der Waals surface area contributed by atoms with Gasteiger partial charge in [-0.05, 0) is 59.3 Å². The van der Waals surface area contributed by atoms with E-state index in [2.05, 4.69) is 20.4 Å². The Kier molecular flexibility index (Phi) is 5.43. The molecule has 166 valence electrons. The van der Waals surface area contributed by atoms with Crippen LogP contribution in [-0.2, 0) is 11.3 Å². The third kappa shape index (κ3) is 4.24. The molecular formula is C22H15ClF2N6O2. The van der Waals surface area contributed by atoms with Crippen molar-refractivity contribution in [3.05, 3.63) is 89.1 Å².